The number of hydrogen-bond acceptors (Lipinski definition) is 5. The minimum Gasteiger partial charge on any atom is -0.490 e. The molecule has 1 aromatic rings. The second-order valence-corrected chi connectivity index (χ2v) is 3.10. The average molecular weight is 246 g/mol. The largest absolute Gasteiger partial charge is 0.490 e. The second kappa shape index (κ2) is 4.80. The lowest BCUT2D eigenvalue weighted by Gasteiger charge is -2.07. The minimum atomic E-state index is -0.744. The van der Waals surface area contributed by atoms with Crippen LogP contribution in [0, 0.1) is 10.1 Å². The smallest absolute Gasteiger partial charge is 0.352 e. The third kappa shape index (κ3) is 2.22. The number of rotatable bonds is 4. The van der Waals surface area contributed by atoms with Crippen molar-refractivity contribution in [2.24, 2.45) is 0 Å². The fourth-order valence-corrected chi connectivity index (χ4v) is 1.30. The molecule has 0 aliphatic carbocycles. The van der Waals surface area contributed by atoms with Crippen molar-refractivity contribution < 1.29 is 19.2 Å². The molecule has 0 fully saturated rings. The second-order valence-electron chi connectivity index (χ2n) is 2.76. The lowest BCUT2D eigenvalue weighted by atomic mass is 10.2. The molecular weight excluding hydrogens is 238 g/mol. The van der Waals surface area contributed by atoms with Crippen LogP contribution in [0.25, 0.3) is 0 Å². The zero-order valence-electron chi connectivity index (χ0n) is 8.52. The Morgan fingerprint density at radius 2 is 1.75 bits per heavy atom. The summed E-state index contributed by atoms with van der Waals surface area (Å²) in [4.78, 5) is 21.1. The first-order valence-corrected chi connectivity index (χ1v) is 4.49. The highest BCUT2D eigenvalue weighted by molar-refractivity contribution is 6.67. The Bertz CT molecular complexity index is 421. The molecule has 0 heterocycles. The van der Waals surface area contributed by atoms with Gasteiger partial charge in [0.1, 0.15) is 0 Å². The van der Waals surface area contributed by atoms with Crippen LogP contribution in [-0.2, 0) is 0 Å². The third-order valence-corrected chi connectivity index (χ3v) is 2.11. The van der Waals surface area contributed by atoms with Gasteiger partial charge in [-0.25, -0.2) is 0 Å². The van der Waals surface area contributed by atoms with Gasteiger partial charge in [-0.3, -0.25) is 14.9 Å². The van der Waals surface area contributed by atoms with Crippen molar-refractivity contribution in [3.63, 3.8) is 0 Å². The van der Waals surface area contributed by atoms with Crippen LogP contribution in [0.4, 0.5) is 5.69 Å². The summed E-state index contributed by atoms with van der Waals surface area (Å²) >= 11 is 5.27. The van der Waals surface area contributed by atoms with Crippen LogP contribution in [0.15, 0.2) is 12.1 Å². The Morgan fingerprint density at radius 3 is 2.00 bits per heavy atom. The van der Waals surface area contributed by atoms with Gasteiger partial charge in [-0.1, -0.05) is 0 Å². The number of hydrogen-bond donors (Lipinski definition) is 0. The molecule has 0 atom stereocenters. The van der Waals surface area contributed by atoms with Crippen LogP contribution in [0.5, 0.6) is 11.5 Å². The highest BCUT2D eigenvalue weighted by Crippen LogP contribution is 2.38. The van der Waals surface area contributed by atoms with E-state index < -0.39 is 10.2 Å². The van der Waals surface area contributed by atoms with E-state index in [1.807, 2.05) is 0 Å². The van der Waals surface area contributed by atoms with Crippen LogP contribution < -0.4 is 9.47 Å². The first kappa shape index (κ1) is 12.3. The number of nitro groups is 1. The standard InChI is InChI=1S/C9H8ClNO5/c1-15-6-3-5(9(10)12)4-7(16-2)8(6)11(13)14/h3-4H,1-2H3. The number of carbonyl (C=O) groups excluding carboxylic acids is 1. The summed E-state index contributed by atoms with van der Waals surface area (Å²) in [6.07, 6.45) is 0. The molecule has 0 aliphatic rings. The Labute approximate surface area is 95.9 Å². The number of nitrogens with zero attached hydrogens (tertiary/aromatic N) is 1. The topological polar surface area (TPSA) is 78.7 Å². The molecule has 1 rings (SSSR count). The molecule has 6 nitrogen and oxygen atoms in total. The van der Waals surface area contributed by atoms with Gasteiger partial charge in [-0.05, 0) is 23.7 Å². The van der Waals surface area contributed by atoms with Crippen LogP contribution >= 0.6 is 11.6 Å². The van der Waals surface area contributed by atoms with Crippen LogP contribution in [0.1, 0.15) is 10.4 Å². The number of nitro benzene ring substituents is 1. The monoisotopic (exact) mass is 245 g/mol. The molecule has 1 aromatic carbocycles. The van der Waals surface area contributed by atoms with Gasteiger partial charge >= 0.3 is 5.69 Å². The van der Waals surface area contributed by atoms with Crippen molar-refractivity contribution in [3.05, 3.63) is 27.8 Å². The summed E-state index contributed by atoms with van der Waals surface area (Å²) < 4.78 is 9.61. The predicted molar refractivity (Wildman–Crippen MR) is 56.4 cm³/mol. The summed E-state index contributed by atoms with van der Waals surface area (Å²) in [5.41, 5.74) is -0.271. The predicted octanol–water partition coefficient (Wildman–Crippen LogP) is 1.99. The molecule has 16 heavy (non-hydrogen) atoms. The average Bonchev–Trinajstić information content (AvgIpc) is 2.26. The van der Waals surface area contributed by atoms with Gasteiger partial charge in [0.05, 0.1) is 19.1 Å². The number of halogens is 1. The maximum atomic E-state index is 10.9. The minimum absolute atomic E-state index is 0.0703. The molecule has 0 spiro atoms. The summed E-state index contributed by atoms with van der Waals surface area (Å²) in [7, 11) is 2.51. The molecule has 0 bridgehead atoms. The normalized spacial score (nSPS) is 9.69. The van der Waals surface area contributed by atoms with E-state index in [-0.39, 0.29) is 22.7 Å². The van der Waals surface area contributed by atoms with Crippen LogP contribution in [-0.4, -0.2) is 24.4 Å². The van der Waals surface area contributed by atoms with Gasteiger partial charge < -0.3 is 9.47 Å². The van der Waals surface area contributed by atoms with Gasteiger partial charge in [0.2, 0.25) is 11.5 Å². The maximum Gasteiger partial charge on any atom is 0.352 e. The molecule has 0 saturated carbocycles. The van der Waals surface area contributed by atoms with Gasteiger partial charge in [0.25, 0.3) is 5.24 Å². The molecule has 0 amide bonds. The van der Waals surface area contributed by atoms with Crippen molar-refractivity contribution in [1.29, 1.82) is 0 Å². The maximum absolute atomic E-state index is 10.9. The lowest BCUT2D eigenvalue weighted by Crippen LogP contribution is -2.00. The van der Waals surface area contributed by atoms with E-state index in [0.717, 1.165) is 0 Å². The van der Waals surface area contributed by atoms with E-state index in [1.165, 1.54) is 26.4 Å². The highest BCUT2D eigenvalue weighted by atomic mass is 35.5. The van der Waals surface area contributed by atoms with E-state index in [1.54, 1.807) is 0 Å². The van der Waals surface area contributed by atoms with E-state index >= 15 is 0 Å². The molecular formula is C9H8ClNO5. The Balaban J connectivity index is 3.49. The quantitative estimate of drug-likeness (QED) is 0.460. The molecule has 0 unspecified atom stereocenters. The van der Waals surface area contributed by atoms with Crippen molar-refractivity contribution >= 4 is 22.5 Å². The van der Waals surface area contributed by atoms with Gasteiger partial charge in [0.15, 0.2) is 0 Å². The van der Waals surface area contributed by atoms with Crippen molar-refractivity contribution in [2.75, 3.05) is 14.2 Å². The molecule has 0 saturated heterocycles. The lowest BCUT2D eigenvalue weighted by molar-refractivity contribution is -0.386. The molecule has 0 radical (unpaired) electrons. The van der Waals surface area contributed by atoms with E-state index in [9.17, 15) is 14.9 Å². The first-order chi connectivity index (χ1) is 7.51. The fraction of sp³-hybridized carbons (Fsp3) is 0.222. The SMILES string of the molecule is COc1cc(C(=O)Cl)cc(OC)c1[N+](=O)[O-]. The first-order valence-electron chi connectivity index (χ1n) is 4.11. The van der Waals surface area contributed by atoms with Crippen LogP contribution in [0.3, 0.4) is 0 Å². The Morgan fingerprint density at radius 1 is 1.31 bits per heavy atom. The summed E-state index contributed by atoms with van der Waals surface area (Å²) in [6, 6.07) is 2.38. The zero-order valence-corrected chi connectivity index (χ0v) is 9.28. The summed E-state index contributed by atoms with van der Waals surface area (Å²) in [5, 5.41) is 10.0. The van der Waals surface area contributed by atoms with E-state index in [0.29, 0.717) is 0 Å². The summed E-state index contributed by atoms with van der Waals surface area (Å²) in [5.74, 6) is -0.151. The highest BCUT2D eigenvalue weighted by Gasteiger charge is 2.24. The van der Waals surface area contributed by atoms with E-state index in [2.05, 4.69) is 0 Å². The molecule has 86 valence electrons. The van der Waals surface area contributed by atoms with Gasteiger partial charge in [-0.2, -0.15) is 0 Å². The Kier molecular flexibility index (Phi) is 3.68. The summed E-state index contributed by atoms with van der Waals surface area (Å²) in [6.45, 7) is 0. The number of carbonyl (C=O) groups is 1. The number of benzene rings is 1. The van der Waals surface area contributed by atoms with Gasteiger partial charge in [0, 0.05) is 5.56 Å². The van der Waals surface area contributed by atoms with Crippen molar-refractivity contribution in [3.8, 4) is 11.5 Å². The molecule has 0 aromatic heterocycles. The third-order valence-electron chi connectivity index (χ3n) is 1.89. The molecule has 0 N–H and O–H groups in total. The Hall–Kier alpha value is -1.82. The van der Waals surface area contributed by atoms with Gasteiger partial charge in [-0.15, -0.1) is 0 Å². The number of ether oxygens (including phenoxy) is 2. The van der Waals surface area contributed by atoms with Crippen LogP contribution in [0.2, 0.25) is 0 Å². The number of methoxy groups -OCH3 is 2. The van der Waals surface area contributed by atoms with E-state index in [4.69, 9.17) is 21.1 Å². The zero-order chi connectivity index (χ0) is 12.3. The molecule has 0 aliphatic heterocycles. The van der Waals surface area contributed by atoms with Crippen molar-refractivity contribution in [1.82, 2.24) is 0 Å². The molecule has 7 heteroatoms. The fourth-order valence-electron chi connectivity index (χ4n) is 1.19. The van der Waals surface area contributed by atoms with Crippen molar-refractivity contribution in [2.45, 2.75) is 0 Å².